The van der Waals surface area contributed by atoms with Gasteiger partial charge in [0.15, 0.2) is 0 Å². The lowest BCUT2D eigenvalue weighted by atomic mass is 10.1. The van der Waals surface area contributed by atoms with Crippen LogP contribution in [0.4, 0.5) is 5.69 Å². The van der Waals surface area contributed by atoms with E-state index in [0.717, 1.165) is 23.5 Å². The van der Waals surface area contributed by atoms with Gasteiger partial charge in [0, 0.05) is 12.1 Å². The SMILES string of the molecule is CCCn1ncc(NC(C)c2cc(C)oc2C)c(Br)c1=O. The van der Waals surface area contributed by atoms with Gasteiger partial charge in [-0.25, -0.2) is 4.68 Å². The zero-order chi connectivity index (χ0) is 15.6. The first kappa shape index (κ1) is 15.8. The van der Waals surface area contributed by atoms with Crippen LogP contribution in [0.1, 0.15) is 43.4 Å². The summed E-state index contributed by atoms with van der Waals surface area (Å²) in [6.07, 6.45) is 2.55. The molecule has 0 aromatic carbocycles. The highest BCUT2D eigenvalue weighted by molar-refractivity contribution is 9.10. The van der Waals surface area contributed by atoms with Crippen LogP contribution < -0.4 is 10.9 Å². The van der Waals surface area contributed by atoms with Gasteiger partial charge in [-0.15, -0.1) is 0 Å². The number of nitrogens with zero attached hydrogens (tertiary/aromatic N) is 2. The highest BCUT2D eigenvalue weighted by Crippen LogP contribution is 2.26. The average molecular weight is 354 g/mol. The molecule has 0 bridgehead atoms. The maximum atomic E-state index is 12.2. The Morgan fingerprint density at radius 1 is 1.48 bits per heavy atom. The summed E-state index contributed by atoms with van der Waals surface area (Å²) in [6.45, 7) is 8.52. The van der Waals surface area contributed by atoms with Crippen molar-refractivity contribution in [3.8, 4) is 0 Å². The summed E-state index contributed by atoms with van der Waals surface area (Å²) >= 11 is 3.37. The molecule has 0 aliphatic carbocycles. The van der Waals surface area contributed by atoms with Crippen LogP contribution >= 0.6 is 15.9 Å². The molecule has 2 heterocycles. The smallest absolute Gasteiger partial charge is 0.283 e. The summed E-state index contributed by atoms with van der Waals surface area (Å²) in [5, 5.41) is 7.50. The van der Waals surface area contributed by atoms with Crippen molar-refractivity contribution in [1.82, 2.24) is 9.78 Å². The van der Waals surface area contributed by atoms with Gasteiger partial charge in [0.2, 0.25) is 0 Å². The van der Waals surface area contributed by atoms with Crippen LogP contribution in [0.3, 0.4) is 0 Å². The number of halogens is 1. The Balaban J connectivity index is 2.26. The van der Waals surface area contributed by atoms with Crippen LogP contribution in [0.5, 0.6) is 0 Å². The van der Waals surface area contributed by atoms with E-state index in [-0.39, 0.29) is 11.6 Å². The third-order valence-corrected chi connectivity index (χ3v) is 4.10. The van der Waals surface area contributed by atoms with Crippen molar-refractivity contribution >= 4 is 21.6 Å². The number of anilines is 1. The molecule has 0 amide bonds. The molecule has 2 rings (SSSR count). The van der Waals surface area contributed by atoms with Crippen molar-refractivity contribution in [2.75, 3.05) is 5.32 Å². The van der Waals surface area contributed by atoms with Gasteiger partial charge in [0.05, 0.1) is 17.9 Å². The van der Waals surface area contributed by atoms with Crippen molar-refractivity contribution in [3.63, 3.8) is 0 Å². The first-order chi connectivity index (χ1) is 9.93. The highest BCUT2D eigenvalue weighted by atomic mass is 79.9. The molecule has 1 atom stereocenters. The fourth-order valence-electron chi connectivity index (χ4n) is 2.33. The highest BCUT2D eigenvalue weighted by Gasteiger charge is 2.15. The van der Waals surface area contributed by atoms with E-state index in [0.29, 0.717) is 16.7 Å². The molecule has 0 radical (unpaired) electrons. The predicted octanol–water partition coefficient (Wildman–Crippen LogP) is 3.80. The van der Waals surface area contributed by atoms with E-state index < -0.39 is 0 Å². The van der Waals surface area contributed by atoms with Crippen LogP contribution in [-0.4, -0.2) is 9.78 Å². The van der Waals surface area contributed by atoms with E-state index in [2.05, 4.69) is 26.3 Å². The van der Waals surface area contributed by atoms with Gasteiger partial charge in [0.25, 0.3) is 5.56 Å². The largest absolute Gasteiger partial charge is 0.466 e. The minimum absolute atomic E-state index is 0.0296. The summed E-state index contributed by atoms with van der Waals surface area (Å²) in [6, 6.07) is 2.04. The van der Waals surface area contributed by atoms with Gasteiger partial charge in [-0.05, 0) is 49.2 Å². The van der Waals surface area contributed by atoms with E-state index in [1.165, 1.54) is 4.68 Å². The minimum atomic E-state index is -0.117. The number of aryl methyl sites for hydroxylation is 3. The maximum Gasteiger partial charge on any atom is 0.283 e. The molecular weight excluding hydrogens is 334 g/mol. The fourth-order valence-corrected chi connectivity index (χ4v) is 2.75. The van der Waals surface area contributed by atoms with Crippen LogP contribution in [0.25, 0.3) is 0 Å². The minimum Gasteiger partial charge on any atom is -0.466 e. The van der Waals surface area contributed by atoms with Gasteiger partial charge in [-0.1, -0.05) is 6.92 Å². The molecule has 2 aromatic rings. The Morgan fingerprint density at radius 2 is 2.19 bits per heavy atom. The second-order valence-corrected chi connectivity index (χ2v) is 5.93. The molecule has 0 saturated heterocycles. The van der Waals surface area contributed by atoms with Crippen LogP contribution in [0, 0.1) is 13.8 Å². The molecule has 1 N–H and O–H groups in total. The molecule has 114 valence electrons. The summed E-state index contributed by atoms with van der Waals surface area (Å²) in [4.78, 5) is 12.2. The topological polar surface area (TPSA) is 60.1 Å². The maximum absolute atomic E-state index is 12.2. The first-order valence-electron chi connectivity index (χ1n) is 7.03. The van der Waals surface area contributed by atoms with Crippen molar-refractivity contribution < 1.29 is 4.42 Å². The Hall–Kier alpha value is -1.56. The Kier molecular flexibility index (Phi) is 4.88. The summed E-state index contributed by atoms with van der Waals surface area (Å²) in [5.74, 6) is 1.77. The number of rotatable bonds is 5. The summed E-state index contributed by atoms with van der Waals surface area (Å²) in [5.41, 5.74) is 1.66. The lowest BCUT2D eigenvalue weighted by Gasteiger charge is -2.16. The van der Waals surface area contributed by atoms with E-state index in [9.17, 15) is 4.79 Å². The van der Waals surface area contributed by atoms with Gasteiger partial charge in [0.1, 0.15) is 16.0 Å². The zero-order valence-electron chi connectivity index (χ0n) is 12.7. The number of hydrogen-bond acceptors (Lipinski definition) is 4. The number of furan rings is 1. The lowest BCUT2D eigenvalue weighted by Crippen LogP contribution is -2.24. The quantitative estimate of drug-likeness (QED) is 0.887. The Morgan fingerprint density at radius 3 is 2.76 bits per heavy atom. The monoisotopic (exact) mass is 353 g/mol. The zero-order valence-corrected chi connectivity index (χ0v) is 14.3. The van der Waals surface area contributed by atoms with Gasteiger partial charge in [-0.2, -0.15) is 5.10 Å². The number of hydrogen-bond donors (Lipinski definition) is 1. The lowest BCUT2D eigenvalue weighted by molar-refractivity contribution is 0.499. The molecular formula is C15H20BrN3O2. The molecule has 0 fully saturated rings. The second-order valence-electron chi connectivity index (χ2n) is 5.14. The molecule has 1 unspecified atom stereocenters. The predicted molar refractivity (Wildman–Crippen MR) is 86.7 cm³/mol. The standard InChI is InChI=1S/C15H20BrN3O2/c1-5-6-19-15(20)14(16)13(8-17-19)18-10(3)12-7-9(2)21-11(12)4/h7-8,10,18H,5-6H2,1-4H3. The molecule has 2 aromatic heterocycles. The summed E-state index contributed by atoms with van der Waals surface area (Å²) in [7, 11) is 0. The van der Waals surface area contributed by atoms with E-state index in [1.54, 1.807) is 6.20 Å². The summed E-state index contributed by atoms with van der Waals surface area (Å²) < 4.78 is 7.52. The third-order valence-electron chi connectivity index (χ3n) is 3.34. The van der Waals surface area contributed by atoms with Crippen LogP contribution in [0.2, 0.25) is 0 Å². The Bertz CT molecular complexity index is 691. The molecule has 0 saturated carbocycles. The van der Waals surface area contributed by atoms with E-state index in [4.69, 9.17) is 4.42 Å². The van der Waals surface area contributed by atoms with Crippen molar-refractivity contribution in [3.05, 3.63) is 44.2 Å². The van der Waals surface area contributed by atoms with Gasteiger partial charge < -0.3 is 9.73 Å². The van der Waals surface area contributed by atoms with Crippen molar-refractivity contribution in [1.29, 1.82) is 0 Å². The van der Waals surface area contributed by atoms with Gasteiger partial charge >= 0.3 is 0 Å². The molecule has 5 nitrogen and oxygen atoms in total. The molecule has 0 spiro atoms. The molecule has 21 heavy (non-hydrogen) atoms. The normalized spacial score (nSPS) is 12.4. The molecule has 0 aliphatic heterocycles. The molecule has 6 heteroatoms. The second kappa shape index (κ2) is 6.47. The van der Waals surface area contributed by atoms with Crippen molar-refractivity contribution in [2.45, 2.75) is 46.7 Å². The number of nitrogens with one attached hydrogen (secondary N) is 1. The van der Waals surface area contributed by atoms with Crippen molar-refractivity contribution in [2.24, 2.45) is 0 Å². The average Bonchev–Trinajstić information content (AvgIpc) is 2.77. The first-order valence-corrected chi connectivity index (χ1v) is 7.82. The van der Waals surface area contributed by atoms with E-state index in [1.807, 2.05) is 33.8 Å². The van der Waals surface area contributed by atoms with Gasteiger partial charge in [-0.3, -0.25) is 4.79 Å². The molecule has 0 aliphatic rings. The van der Waals surface area contributed by atoms with Crippen LogP contribution in [0.15, 0.2) is 25.9 Å². The fraction of sp³-hybridized carbons (Fsp3) is 0.467. The Labute approximate surface area is 132 Å². The van der Waals surface area contributed by atoms with Crippen LogP contribution in [-0.2, 0) is 6.54 Å². The number of aromatic nitrogens is 2. The van der Waals surface area contributed by atoms with E-state index >= 15 is 0 Å². The third kappa shape index (κ3) is 3.37.